The highest BCUT2D eigenvalue weighted by Gasteiger charge is 2.27. The molecule has 1 aromatic rings. The van der Waals surface area contributed by atoms with Crippen LogP contribution in [0.4, 0.5) is 11.4 Å². The summed E-state index contributed by atoms with van der Waals surface area (Å²) in [6.45, 7) is 9.06. The fourth-order valence-corrected chi connectivity index (χ4v) is 3.13. The Kier molecular flexibility index (Phi) is 4.23. The average molecular weight is 271 g/mol. The molecular formula is C17H25N3. The number of nitrogens with zero attached hydrogens (tertiary/aromatic N) is 2. The molecule has 1 fully saturated rings. The SMILES string of the molecule is CC(C)(C)C1CCCN(c2cccc(C#N)c2N)CC1. The summed E-state index contributed by atoms with van der Waals surface area (Å²) in [5.74, 6) is 0.757. The van der Waals surface area contributed by atoms with Gasteiger partial charge in [-0.15, -0.1) is 0 Å². The first-order valence-corrected chi connectivity index (χ1v) is 7.47. The van der Waals surface area contributed by atoms with Crippen LogP contribution in [-0.4, -0.2) is 13.1 Å². The number of rotatable bonds is 1. The van der Waals surface area contributed by atoms with Gasteiger partial charge in [-0.25, -0.2) is 0 Å². The highest BCUT2D eigenvalue weighted by atomic mass is 15.1. The summed E-state index contributed by atoms with van der Waals surface area (Å²) in [6, 6.07) is 7.92. The monoisotopic (exact) mass is 271 g/mol. The van der Waals surface area contributed by atoms with Crippen molar-refractivity contribution < 1.29 is 0 Å². The number of anilines is 2. The zero-order valence-corrected chi connectivity index (χ0v) is 12.8. The van der Waals surface area contributed by atoms with Crippen LogP contribution in [-0.2, 0) is 0 Å². The number of nitrogens with two attached hydrogens (primary N) is 1. The molecule has 0 radical (unpaired) electrons. The Morgan fingerprint density at radius 1 is 1.25 bits per heavy atom. The first-order valence-electron chi connectivity index (χ1n) is 7.47. The molecule has 0 aliphatic carbocycles. The van der Waals surface area contributed by atoms with Gasteiger partial charge in [-0.05, 0) is 42.7 Å². The van der Waals surface area contributed by atoms with Crippen molar-refractivity contribution in [2.75, 3.05) is 23.7 Å². The minimum Gasteiger partial charge on any atom is -0.396 e. The van der Waals surface area contributed by atoms with Crippen molar-refractivity contribution in [3.8, 4) is 6.07 Å². The normalized spacial score (nSPS) is 20.3. The summed E-state index contributed by atoms with van der Waals surface area (Å²) in [4.78, 5) is 2.35. The van der Waals surface area contributed by atoms with Gasteiger partial charge in [-0.2, -0.15) is 5.26 Å². The van der Waals surface area contributed by atoms with E-state index in [-0.39, 0.29) is 0 Å². The summed E-state index contributed by atoms with van der Waals surface area (Å²) >= 11 is 0. The van der Waals surface area contributed by atoms with E-state index >= 15 is 0 Å². The Balaban J connectivity index is 2.18. The number of hydrogen-bond donors (Lipinski definition) is 1. The predicted molar refractivity (Wildman–Crippen MR) is 84.6 cm³/mol. The molecule has 0 amide bonds. The molecule has 0 saturated carbocycles. The molecule has 0 bridgehead atoms. The zero-order valence-electron chi connectivity index (χ0n) is 12.8. The quantitative estimate of drug-likeness (QED) is 0.791. The highest BCUT2D eigenvalue weighted by Crippen LogP contribution is 2.36. The number of nitriles is 1. The fraction of sp³-hybridized carbons (Fsp3) is 0.588. The van der Waals surface area contributed by atoms with Crippen LogP contribution in [0.2, 0.25) is 0 Å². The van der Waals surface area contributed by atoms with Crippen molar-refractivity contribution in [1.82, 2.24) is 0 Å². The Hall–Kier alpha value is -1.69. The summed E-state index contributed by atoms with van der Waals surface area (Å²) in [5.41, 5.74) is 8.74. The largest absolute Gasteiger partial charge is 0.396 e. The van der Waals surface area contributed by atoms with Crippen LogP contribution in [0.3, 0.4) is 0 Å². The average Bonchev–Trinajstić information content (AvgIpc) is 2.64. The van der Waals surface area contributed by atoms with E-state index in [4.69, 9.17) is 11.0 Å². The molecule has 1 unspecified atom stereocenters. The smallest absolute Gasteiger partial charge is 0.101 e. The Labute approximate surface area is 122 Å². The molecule has 108 valence electrons. The predicted octanol–water partition coefficient (Wildman–Crippen LogP) is 3.79. The van der Waals surface area contributed by atoms with Gasteiger partial charge in [0.1, 0.15) is 6.07 Å². The first kappa shape index (κ1) is 14.7. The molecule has 3 heteroatoms. The van der Waals surface area contributed by atoms with E-state index in [9.17, 15) is 0 Å². The van der Waals surface area contributed by atoms with Crippen LogP contribution in [0.25, 0.3) is 0 Å². The summed E-state index contributed by atoms with van der Waals surface area (Å²) in [5, 5.41) is 9.10. The second kappa shape index (κ2) is 5.75. The maximum Gasteiger partial charge on any atom is 0.101 e. The van der Waals surface area contributed by atoms with Crippen molar-refractivity contribution in [3.63, 3.8) is 0 Å². The second-order valence-corrected chi connectivity index (χ2v) is 6.83. The molecule has 1 aliphatic heterocycles. The molecular weight excluding hydrogens is 246 g/mol. The van der Waals surface area contributed by atoms with Crippen molar-refractivity contribution in [3.05, 3.63) is 23.8 Å². The molecule has 3 nitrogen and oxygen atoms in total. The molecule has 1 aromatic carbocycles. The molecule has 0 aromatic heterocycles. The van der Waals surface area contributed by atoms with E-state index in [0.717, 1.165) is 24.7 Å². The van der Waals surface area contributed by atoms with Crippen molar-refractivity contribution in [2.24, 2.45) is 11.3 Å². The van der Waals surface area contributed by atoms with E-state index < -0.39 is 0 Å². The number of para-hydroxylation sites is 1. The van der Waals surface area contributed by atoms with Crippen LogP contribution >= 0.6 is 0 Å². The standard InChI is InChI=1S/C17H25N3/c1-17(2,3)14-7-5-10-20(11-9-14)15-8-4-6-13(12-18)16(15)19/h4,6,8,14H,5,7,9-11,19H2,1-3H3. The minimum absolute atomic E-state index is 0.371. The van der Waals surface area contributed by atoms with Crippen molar-refractivity contribution in [2.45, 2.75) is 40.0 Å². The van der Waals surface area contributed by atoms with Gasteiger partial charge in [-0.1, -0.05) is 26.8 Å². The topological polar surface area (TPSA) is 53.0 Å². The van der Waals surface area contributed by atoms with Gasteiger partial charge in [0.05, 0.1) is 16.9 Å². The lowest BCUT2D eigenvalue weighted by molar-refractivity contribution is 0.220. The number of hydrogen-bond acceptors (Lipinski definition) is 3. The van der Waals surface area contributed by atoms with E-state index in [2.05, 4.69) is 31.7 Å². The van der Waals surface area contributed by atoms with Crippen LogP contribution in [0.5, 0.6) is 0 Å². The molecule has 1 atom stereocenters. The van der Waals surface area contributed by atoms with Gasteiger partial charge in [-0.3, -0.25) is 0 Å². The van der Waals surface area contributed by atoms with Gasteiger partial charge >= 0.3 is 0 Å². The second-order valence-electron chi connectivity index (χ2n) is 6.83. The third-order valence-corrected chi connectivity index (χ3v) is 4.50. The molecule has 1 saturated heterocycles. The summed E-state index contributed by atoms with van der Waals surface area (Å²) in [6.07, 6.45) is 3.66. The molecule has 1 heterocycles. The molecule has 1 aliphatic rings. The number of benzene rings is 1. The van der Waals surface area contributed by atoms with Crippen LogP contribution in [0.1, 0.15) is 45.6 Å². The van der Waals surface area contributed by atoms with Crippen LogP contribution in [0, 0.1) is 22.7 Å². The van der Waals surface area contributed by atoms with Crippen molar-refractivity contribution >= 4 is 11.4 Å². The van der Waals surface area contributed by atoms with E-state index in [1.807, 2.05) is 12.1 Å². The van der Waals surface area contributed by atoms with Gasteiger partial charge in [0.2, 0.25) is 0 Å². The lowest BCUT2D eigenvalue weighted by Gasteiger charge is -2.30. The van der Waals surface area contributed by atoms with Gasteiger partial charge in [0.15, 0.2) is 0 Å². The fourth-order valence-electron chi connectivity index (χ4n) is 3.13. The minimum atomic E-state index is 0.371. The van der Waals surface area contributed by atoms with Crippen LogP contribution in [0.15, 0.2) is 18.2 Å². The van der Waals surface area contributed by atoms with Gasteiger partial charge < -0.3 is 10.6 Å². The van der Waals surface area contributed by atoms with Gasteiger partial charge in [0.25, 0.3) is 0 Å². The molecule has 2 N–H and O–H groups in total. The van der Waals surface area contributed by atoms with Crippen molar-refractivity contribution in [1.29, 1.82) is 5.26 Å². The lowest BCUT2D eigenvalue weighted by Crippen LogP contribution is -2.26. The number of nitrogen functional groups attached to an aromatic ring is 1. The first-order chi connectivity index (χ1) is 9.43. The Morgan fingerprint density at radius 2 is 2.00 bits per heavy atom. The van der Waals surface area contributed by atoms with Gasteiger partial charge in [0, 0.05) is 13.1 Å². The molecule has 2 rings (SSSR count). The highest BCUT2D eigenvalue weighted by molar-refractivity contribution is 5.74. The zero-order chi connectivity index (χ0) is 14.8. The van der Waals surface area contributed by atoms with E-state index in [1.54, 1.807) is 6.07 Å². The molecule has 0 spiro atoms. The Morgan fingerprint density at radius 3 is 2.65 bits per heavy atom. The molecule has 20 heavy (non-hydrogen) atoms. The maximum absolute atomic E-state index is 9.10. The van der Waals surface area contributed by atoms with E-state index in [1.165, 1.54) is 19.3 Å². The summed E-state index contributed by atoms with van der Waals surface area (Å²) < 4.78 is 0. The summed E-state index contributed by atoms with van der Waals surface area (Å²) in [7, 11) is 0. The Bertz CT molecular complexity index is 508. The third-order valence-electron chi connectivity index (χ3n) is 4.50. The van der Waals surface area contributed by atoms with E-state index in [0.29, 0.717) is 16.7 Å². The lowest BCUT2D eigenvalue weighted by atomic mass is 9.77. The maximum atomic E-state index is 9.10. The van der Waals surface area contributed by atoms with Crippen LogP contribution < -0.4 is 10.6 Å². The third kappa shape index (κ3) is 3.07.